The maximum atomic E-state index is 11.8. The van der Waals surface area contributed by atoms with Crippen molar-refractivity contribution >= 4 is 24.3 Å². The Labute approximate surface area is 107 Å². The number of halogens is 1. The molecule has 0 radical (unpaired) electrons. The van der Waals surface area contributed by atoms with Gasteiger partial charge in [-0.3, -0.25) is 9.59 Å². The van der Waals surface area contributed by atoms with Gasteiger partial charge in [-0.15, -0.1) is 12.4 Å². The Kier molecular flexibility index (Phi) is 4.04. The monoisotopic (exact) mass is 263 g/mol. The van der Waals surface area contributed by atoms with Crippen molar-refractivity contribution in [3.05, 3.63) is 0 Å². The number of nitrogens with one attached hydrogen (secondary N) is 1. The molecule has 98 valence electrons. The highest BCUT2D eigenvalue weighted by Crippen LogP contribution is 2.52. The van der Waals surface area contributed by atoms with Crippen molar-refractivity contribution in [2.24, 2.45) is 10.8 Å². The van der Waals surface area contributed by atoms with Gasteiger partial charge in [0.05, 0.1) is 25.0 Å². The van der Waals surface area contributed by atoms with Crippen molar-refractivity contribution in [3.8, 4) is 0 Å². The normalized spacial score (nSPS) is 34.7. The van der Waals surface area contributed by atoms with E-state index in [2.05, 4.69) is 5.32 Å². The van der Waals surface area contributed by atoms with Crippen LogP contribution in [0.15, 0.2) is 0 Å². The number of piperidine rings is 1. The third kappa shape index (κ3) is 2.02. The topological polar surface area (TPSA) is 64.6 Å². The van der Waals surface area contributed by atoms with Gasteiger partial charge in [0.1, 0.15) is 0 Å². The van der Waals surface area contributed by atoms with E-state index in [0.717, 1.165) is 0 Å². The highest BCUT2D eigenvalue weighted by molar-refractivity contribution is 5.85. The Morgan fingerprint density at radius 1 is 1.00 bits per heavy atom. The summed E-state index contributed by atoms with van der Waals surface area (Å²) < 4.78 is 9.68. The maximum Gasteiger partial charge on any atom is 0.313 e. The minimum absolute atomic E-state index is 0. The molecule has 2 rings (SSSR count). The lowest BCUT2D eigenvalue weighted by Crippen LogP contribution is -2.51. The van der Waals surface area contributed by atoms with Crippen LogP contribution in [0, 0.1) is 10.8 Å². The maximum absolute atomic E-state index is 11.8. The Balaban J connectivity index is 0.00000144. The van der Waals surface area contributed by atoms with Crippen molar-refractivity contribution in [3.63, 3.8) is 0 Å². The molecule has 5 nitrogen and oxygen atoms in total. The molecule has 2 bridgehead atoms. The van der Waals surface area contributed by atoms with Crippen LogP contribution in [-0.4, -0.2) is 39.2 Å². The average molecular weight is 264 g/mol. The molecule has 1 N–H and O–H groups in total. The van der Waals surface area contributed by atoms with E-state index in [1.54, 1.807) is 0 Å². The summed E-state index contributed by atoms with van der Waals surface area (Å²) in [5.74, 6) is -0.434. The van der Waals surface area contributed by atoms with Crippen molar-refractivity contribution in [2.75, 3.05) is 27.3 Å². The Morgan fingerprint density at radius 3 is 1.76 bits per heavy atom. The van der Waals surface area contributed by atoms with Gasteiger partial charge in [-0.25, -0.2) is 0 Å². The number of hydrogen-bond donors (Lipinski definition) is 1. The average Bonchev–Trinajstić information content (AvgIpc) is 2.61. The largest absolute Gasteiger partial charge is 0.469 e. The van der Waals surface area contributed by atoms with Crippen LogP contribution in [0.25, 0.3) is 0 Å². The molecule has 0 aromatic heterocycles. The lowest BCUT2D eigenvalue weighted by atomic mass is 9.76. The third-order valence-electron chi connectivity index (χ3n) is 3.92. The molecule has 1 aliphatic heterocycles. The second-order valence-electron chi connectivity index (χ2n) is 4.82. The molecule has 1 aliphatic carbocycles. The number of hydrogen-bond acceptors (Lipinski definition) is 5. The van der Waals surface area contributed by atoms with Gasteiger partial charge in [-0.1, -0.05) is 0 Å². The number of carbonyl (C=O) groups is 2. The fourth-order valence-corrected chi connectivity index (χ4v) is 3.07. The molecule has 0 aromatic carbocycles. The summed E-state index contributed by atoms with van der Waals surface area (Å²) in [6, 6.07) is 0. The minimum atomic E-state index is -0.527. The molecule has 6 heteroatoms. The van der Waals surface area contributed by atoms with E-state index in [0.29, 0.717) is 32.4 Å². The summed E-state index contributed by atoms with van der Waals surface area (Å²) in [7, 11) is 2.79. The summed E-state index contributed by atoms with van der Waals surface area (Å²) in [5, 5.41) is 3.16. The fraction of sp³-hybridized carbons (Fsp3) is 0.818. The zero-order valence-corrected chi connectivity index (χ0v) is 10.9. The number of esters is 2. The van der Waals surface area contributed by atoms with Gasteiger partial charge in [0.15, 0.2) is 0 Å². The van der Waals surface area contributed by atoms with Crippen LogP contribution in [0.2, 0.25) is 0 Å². The quantitative estimate of drug-likeness (QED) is 0.736. The first-order valence-electron chi connectivity index (χ1n) is 5.46. The second kappa shape index (κ2) is 4.82. The smallest absolute Gasteiger partial charge is 0.313 e. The summed E-state index contributed by atoms with van der Waals surface area (Å²) in [6.07, 6.45) is 1.94. The summed E-state index contributed by atoms with van der Waals surface area (Å²) in [4.78, 5) is 23.6. The molecule has 2 atom stereocenters. The minimum Gasteiger partial charge on any atom is -0.469 e. The zero-order chi connectivity index (χ0) is 11.8. The van der Waals surface area contributed by atoms with E-state index < -0.39 is 10.8 Å². The Hall–Kier alpha value is -0.810. The number of carbonyl (C=O) groups excluding carboxylic acids is 2. The number of ether oxygens (including phenoxy) is 2. The number of rotatable bonds is 2. The lowest BCUT2D eigenvalue weighted by molar-refractivity contribution is -0.158. The van der Waals surface area contributed by atoms with E-state index in [9.17, 15) is 9.59 Å². The standard InChI is InChI=1S/C11H17NO4.ClH/c1-15-8(13)10-3-4-11(5-10,7-12-6-10)9(14)16-2;/h12H,3-7H2,1-2H3;1H. The molecule has 1 heterocycles. The molecule has 2 fully saturated rings. The highest BCUT2D eigenvalue weighted by atomic mass is 35.5. The Bertz CT molecular complexity index is 305. The predicted molar refractivity (Wildman–Crippen MR) is 62.9 cm³/mol. The van der Waals surface area contributed by atoms with Crippen molar-refractivity contribution in [1.29, 1.82) is 0 Å². The molecule has 0 aromatic rings. The lowest BCUT2D eigenvalue weighted by Gasteiger charge is -2.36. The first-order chi connectivity index (χ1) is 7.58. The highest BCUT2D eigenvalue weighted by Gasteiger charge is 2.59. The van der Waals surface area contributed by atoms with E-state index in [1.807, 2.05) is 0 Å². The molecule has 0 amide bonds. The van der Waals surface area contributed by atoms with Gasteiger partial charge >= 0.3 is 11.9 Å². The van der Waals surface area contributed by atoms with Crippen LogP contribution in [0.4, 0.5) is 0 Å². The van der Waals surface area contributed by atoms with Gasteiger partial charge < -0.3 is 14.8 Å². The van der Waals surface area contributed by atoms with Crippen LogP contribution < -0.4 is 5.32 Å². The molecule has 1 saturated heterocycles. The van der Waals surface area contributed by atoms with Crippen molar-refractivity contribution in [1.82, 2.24) is 5.32 Å². The summed E-state index contributed by atoms with van der Waals surface area (Å²) >= 11 is 0. The molecule has 0 spiro atoms. The van der Waals surface area contributed by atoms with Crippen LogP contribution in [0.5, 0.6) is 0 Å². The fourth-order valence-electron chi connectivity index (χ4n) is 3.07. The third-order valence-corrected chi connectivity index (χ3v) is 3.92. The Morgan fingerprint density at radius 2 is 1.41 bits per heavy atom. The van der Waals surface area contributed by atoms with Crippen molar-refractivity contribution < 1.29 is 19.1 Å². The number of fused-ring (bicyclic) bond motifs is 2. The van der Waals surface area contributed by atoms with E-state index in [1.165, 1.54) is 14.2 Å². The molecule has 2 aliphatic rings. The van der Waals surface area contributed by atoms with Gasteiger partial charge in [-0.2, -0.15) is 0 Å². The summed E-state index contributed by atoms with van der Waals surface area (Å²) in [6.45, 7) is 1.19. The molecule has 2 unspecified atom stereocenters. The number of methoxy groups -OCH3 is 2. The molecular formula is C11H18ClNO4. The molecule has 17 heavy (non-hydrogen) atoms. The van der Waals surface area contributed by atoms with Crippen LogP contribution in [0.1, 0.15) is 19.3 Å². The summed E-state index contributed by atoms with van der Waals surface area (Å²) in [5.41, 5.74) is -1.05. The second-order valence-corrected chi connectivity index (χ2v) is 4.82. The van der Waals surface area contributed by atoms with Crippen LogP contribution >= 0.6 is 12.4 Å². The first-order valence-corrected chi connectivity index (χ1v) is 5.46. The SMILES string of the molecule is COC(=O)C12CCC(C(=O)OC)(CNC1)C2.Cl. The zero-order valence-electron chi connectivity index (χ0n) is 10.1. The van der Waals surface area contributed by atoms with E-state index >= 15 is 0 Å². The van der Waals surface area contributed by atoms with Gasteiger partial charge in [-0.05, 0) is 19.3 Å². The van der Waals surface area contributed by atoms with Crippen molar-refractivity contribution in [2.45, 2.75) is 19.3 Å². The van der Waals surface area contributed by atoms with Crippen LogP contribution in [0.3, 0.4) is 0 Å². The van der Waals surface area contributed by atoms with E-state index in [-0.39, 0.29) is 24.3 Å². The van der Waals surface area contributed by atoms with Crippen LogP contribution in [-0.2, 0) is 19.1 Å². The molecule has 1 saturated carbocycles. The molecular weight excluding hydrogens is 246 g/mol. The van der Waals surface area contributed by atoms with Gasteiger partial charge in [0, 0.05) is 13.1 Å². The van der Waals surface area contributed by atoms with Gasteiger partial charge in [0.25, 0.3) is 0 Å². The van der Waals surface area contributed by atoms with E-state index in [4.69, 9.17) is 9.47 Å². The predicted octanol–water partition coefficient (Wildman–Crippen LogP) is 0.514. The first kappa shape index (κ1) is 14.3. The van der Waals surface area contributed by atoms with Gasteiger partial charge in [0.2, 0.25) is 0 Å².